The number of thioether (sulfide) groups is 1. The van der Waals surface area contributed by atoms with Crippen molar-refractivity contribution in [2.24, 2.45) is 5.73 Å². The zero-order valence-corrected chi connectivity index (χ0v) is 14.7. The fraction of sp³-hybridized carbons (Fsp3) is 0.111. The number of aromatic nitrogens is 2. The molecule has 2 amide bonds. The molecule has 8 heteroatoms. The third kappa shape index (κ3) is 3.92. The number of H-pyrrole nitrogens is 1. The van der Waals surface area contributed by atoms with Gasteiger partial charge in [-0.1, -0.05) is 23.9 Å². The fourth-order valence-electron chi connectivity index (χ4n) is 2.30. The van der Waals surface area contributed by atoms with E-state index in [0.717, 1.165) is 11.8 Å². The van der Waals surface area contributed by atoms with E-state index in [-0.39, 0.29) is 11.5 Å². The first kappa shape index (κ1) is 17.7. The van der Waals surface area contributed by atoms with E-state index >= 15 is 0 Å². The number of primary amides is 1. The van der Waals surface area contributed by atoms with Crippen LogP contribution in [0.5, 0.6) is 0 Å². The Bertz CT molecular complexity index is 1030. The molecule has 7 nitrogen and oxygen atoms in total. The average molecular weight is 368 g/mol. The third-order valence-corrected chi connectivity index (χ3v) is 4.67. The molecule has 1 aromatic heterocycles. The Kier molecular flexibility index (Phi) is 5.04. The number of hydrogen-bond donors (Lipinski definition) is 3. The van der Waals surface area contributed by atoms with Crippen molar-refractivity contribution in [1.29, 1.82) is 0 Å². The summed E-state index contributed by atoms with van der Waals surface area (Å²) in [6.45, 7) is 1.72. The maximum absolute atomic E-state index is 12.3. The first-order valence-corrected chi connectivity index (χ1v) is 8.68. The Balaban J connectivity index is 1.71. The molecule has 0 spiro atoms. The van der Waals surface area contributed by atoms with Gasteiger partial charge in [-0.2, -0.15) is 0 Å². The summed E-state index contributed by atoms with van der Waals surface area (Å²) in [5.74, 6) is -0.782. The minimum absolute atomic E-state index is 0.243. The second-order valence-corrected chi connectivity index (χ2v) is 6.91. The SMILES string of the molecule is C[C@H](Sc1nc2ccccc2c(=O)[nH]1)C(=O)Nc1ccc(C(N)=O)cc1. The highest BCUT2D eigenvalue weighted by atomic mass is 32.2. The van der Waals surface area contributed by atoms with Crippen LogP contribution in [0.3, 0.4) is 0 Å². The number of carbonyl (C=O) groups excluding carboxylic acids is 2. The van der Waals surface area contributed by atoms with Crippen molar-refractivity contribution in [1.82, 2.24) is 9.97 Å². The highest BCUT2D eigenvalue weighted by molar-refractivity contribution is 8.00. The van der Waals surface area contributed by atoms with E-state index < -0.39 is 11.2 Å². The molecule has 3 aromatic rings. The second-order valence-electron chi connectivity index (χ2n) is 5.58. The summed E-state index contributed by atoms with van der Waals surface area (Å²) < 4.78 is 0. The molecule has 0 aliphatic rings. The standard InChI is InChI=1S/C18H16N4O3S/c1-10(16(24)20-12-8-6-11(7-9-12)15(19)23)26-18-21-14-5-3-2-4-13(14)17(25)22-18/h2-10H,1H3,(H2,19,23)(H,20,24)(H,21,22,25)/t10-/m0/s1. The highest BCUT2D eigenvalue weighted by Crippen LogP contribution is 2.21. The lowest BCUT2D eigenvalue weighted by Crippen LogP contribution is -2.23. The molecule has 26 heavy (non-hydrogen) atoms. The molecule has 1 atom stereocenters. The van der Waals surface area contributed by atoms with Gasteiger partial charge in [-0.05, 0) is 43.3 Å². The Morgan fingerprint density at radius 2 is 1.85 bits per heavy atom. The summed E-state index contributed by atoms with van der Waals surface area (Å²) in [6, 6.07) is 13.3. The van der Waals surface area contributed by atoms with Crippen LogP contribution in [0.1, 0.15) is 17.3 Å². The van der Waals surface area contributed by atoms with Gasteiger partial charge in [0.1, 0.15) is 0 Å². The van der Waals surface area contributed by atoms with Crippen LogP contribution < -0.4 is 16.6 Å². The van der Waals surface area contributed by atoms with Gasteiger partial charge in [0.05, 0.1) is 16.2 Å². The maximum atomic E-state index is 12.3. The van der Waals surface area contributed by atoms with E-state index in [2.05, 4.69) is 15.3 Å². The summed E-state index contributed by atoms with van der Waals surface area (Å²) in [4.78, 5) is 42.5. The first-order valence-electron chi connectivity index (χ1n) is 7.80. The average Bonchev–Trinajstić information content (AvgIpc) is 2.62. The molecule has 2 aromatic carbocycles. The maximum Gasteiger partial charge on any atom is 0.259 e. The second kappa shape index (κ2) is 7.40. The molecule has 0 saturated heterocycles. The lowest BCUT2D eigenvalue weighted by atomic mass is 10.2. The van der Waals surface area contributed by atoms with Crippen molar-refractivity contribution >= 4 is 40.2 Å². The van der Waals surface area contributed by atoms with Crippen LogP contribution in [0, 0.1) is 0 Å². The van der Waals surface area contributed by atoms with Gasteiger partial charge in [0, 0.05) is 11.3 Å². The number of benzene rings is 2. The van der Waals surface area contributed by atoms with E-state index in [1.165, 1.54) is 12.1 Å². The summed E-state index contributed by atoms with van der Waals surface area (Å²) >= 11 is 1.16. The van der Waals surface area contributed by atoms with Gasteiger partial charge in [0.15, 0.2) is 5.16 Å². The molecule has 132 valence electrons. The molecule has 0 saturated carbocycles. The van der Waals surface area contributed by atoms with Crippen LogP contribution in [-0.2, 0) is 4.79 Å². The number of nitrogens with one attached hydrogen (secondary N) is 2. The number of nitrogens with two attached hydrogens (primary N) is 1. The van der Waals surface area contributed by atoms with Crippen LogP contribution in [0.25, 0.3) is 10.9 Å². The molecular formula is C18H16N4O3S. The number of carbonyl (C=O) groups is 2. The predicted molar refractivity (Wildman–Crippen MR) is 101 cm³/mol. The van der Waals surface area contributed by atoms with Gasteiger partial charge in [-0.3, -0.25) is 14.4 Å². The van der Waals surface area contributed by atoms with Gasteiger partial charge >= 0.3 is 0 Å². The van der Waals surface area contributed by atoms with Gasteiger partial charge < -0.3 is 16.0 Å². The lowest BCUT2D eigenvalue weighted by molar-refractivity contribution is -0.115. The molecule has 0 aliphatic carbocycles. The van der Waals surface area contributed by atoms with Crippen LogP contribution in [-0.4, -0.2) is 27.0 Å². The Hall–Kier alpha value is -3.13. The lowest BCUT2D eigenvalue weighted by Gasteiger charge is -2.12. The molecule has 4 N–H and O–H groups in total. The van der Waals surface area contributed by atoms with Gasteiger partial charge in [0.25, 0.3) is 5.56 Å². The van der Waals surface area contributed by atoms with Crippen molar-refractivity contribution in [3.05, 3.63) is 64.4 Å². The van der Waals surface area contributed by atoms with Crippen LogP contribution >= 0.6 is 11.8 Å². The molecule has 0 unspecified atom stereocenters. The zero-order valence-electron chi connectivity index (χ0n) is 13.9. The molecule has 0 fully saturated rings. The smallest absolute Gasteiger partial charge is 0.259 e. The van der Waals surface area contributed by atoms with Crippen molar-refractivity contribution in [3.8, 4) is 0 Å². The Labute approximate surface area is 153 Å². The van der Waals surface area contributed by atoms with Crippen molar-refractivity contribution < 1.29 is 9.59 Å². The normalized spacial score (nSPS) is 11.9. The molecular weight excluding hydrogens is 352 g/mol. The Morgan fingerprint density at radius 3 is 2.54 bits per heavy atom. The third-order valence-electron chi connectivity index (χ3n) is 3.69. The molecule has 0 aliphatic heterocycles. The minimum Gasteiger partial charge on any atom is -0.366 e. The summed E-state index contributed by atoms with van der Waals surface area (Å²) in [5, 5.41) is 3.14. The summed E-state index contributed by atoms with van der Waals surface area (Å²) in [5.41, 5.74) is 6.43. The summed E-state index contributed by atoms with van der Waals surface area (Å²) in [6.07, 6.45) is 0. The summed E-state index contributed by atoms with van der Waals surface area (Å²) in [7, 11) is 0. The van der Waals surface area contributed by atoms with Gasteiger partial charge in [0.2, 0.25) is 11.8 Å². The monoisotopic (exact) mass is 368 g/mol. The number of para-hydroxylation sites is 1. The van der Waals surface area contributed by atoms with E-state index in [9.17, 15) is 14.4 Å². The molecule has 1 heterocycles. The molecule has 0 bridgehead atoms. The number of nitrogens with zero attached hydrogens (tertiary/aromatic N) is 1. The molecule has 3 rings (SSSR count). The number of fused-ring (bicyclic) bond motifs is 1. The zero-order chi connectivity index (χ0) is 18.7. The fourth-order valence-corrected chi connectivity index (χ4v) is 3.11. The predicted octanol–water partition coefficient (Wildman–Crippen LogP) is 2.14. The number of aromatic amines is 1. The van der Waals surface area contributed by atoms with E-state index in [4.69, 9.17) is 5.73 Å². The molecule has 0 radical (unpaired) electrons. The topological polar surface area (TPSA) is 118 Å². The Morgan fingerprint density at radius 1 is 1.15 bits per heavy atom. The van der Waals surface area contributed by atoms with Crippen molar-refractivity contribution in [2.45, 2.75) is 17.3 Å². The van der Waals surface area contributed by atoms with Crippen molar-refractivity contribution in [2.75, 3.05) is 5.32 Å². The quantitative estimate of drug-likeness (QED) is 0.471. The van der Waals surface area contributed by atoms with E-state index in [0.29, 0.717) is 27.3 Å². The minimum atomic E-state index is -0.530. The first-order chi connectivity index (χ1) is 12.4. The van der Waals surface area contributed by atoms with Crippen LogP contribution in [0.15, 0.2) is 58.5 Å². The largest absolute Gasteiger partial charge is 0.366 e. The van der Waals surface area contributed by atoms with Crippen LogP contribution in [0.2, 0.25) is 0 Å². The number of amides is 2. The number of anilines is 1. The van der Waals surface area contributed by atoms with Crippen molar-refractivity contribution in [3.63, 3.8) is 0 Å². The van der Waals surface area contributed by atoms with Crippen LogP contribution in [0.4, 0.5) is 5.69 Å². The highest BCUT2D eigenvalue weighted by Gasteiger charge is 2.17. The number of hydrogen-bond acceptors (Lipinski definition) is 5. The number of rotatable bonds is 5. The van der Waals surface area contributed by atoms with Gasteiger partial charge in [-0.15, -0.1) is 0 Å². The van der Waals surface area contributed by atoms with Gasteiger partial charge in [-0.25, -0.2) is 4.98 Å². The van der Waals surface area contributed by atoms with E-state index in [1.54, 1.807) is 43.3 Å². The van der Waals surface area contributed by atoms with E-state index in [1.807, 2.05) is 0 Å².